The minimum Gasteiger partial charge on any atom is -0.455 e. The molecule has 0 spiro atoms. The SMILES string of the molecule is Cc1oc(C(=O)Nc2nnc3ccccn23)cc1S(=O)(=O)N1CCCC1. The average Bonchev–Trinajstić information content (AvgIpc) is 3.35. The number of aryl methyl sites for hydroxylation is 1. The largest absolute Gasteiger partial charge is 0.455 e. The van der Waals surface area contributed by atoms with Gasteiger partial charge < -0.3 is 4.42 Å². The van der Waals surface area contributed by atoms with E-state index < -0.39 is 15.9 Å². The topological polar surface area (TPSA) is 110 Å². The second kappa shape index (κ2) is 6.22. The molecule has 10 heteroatoms. The predicted octanol–water partition coefficient (Wildman–Crippen LogP) is 1.67. The molecule has 4 heterocycles. The maximum absolute atomic E-state index is 12.7. The molecule has 0 atom stereocenters. The normalized spacial score (nSPS) is 15.6. The fourth-order valence-electron chi connectivity index (χ4n) is 2.99. The number of carbonyl (C=O) groups is 1. The number of rotatable bonds is 4. The Morgan fingerprint density at radius 3 is 2.77 bits per heavy atom. The summed E-state index contributed by atoms with van der Waals surface area (Å²) in [5.41, 5.74) is 0.579. The van der Waals surface area contributed by atoms with Crippen LogP contribution in [-0.2, 0) is 10.0 Å². The average molecular weight is 375 g/mol. The first kappa shape index (κ1) is 16.7. The standard InChI is InChI=1S/C16H17N5O4S/c1-11-13(26(23,24)20-7-4-5-8-20)10-12(25-11)15(22)17-16-19-18-14-6-2-3-9-21(14)16/h2-3,6,9-10H,4-5,7-8H2,1H3,(H,17,19,22). The van der Waals surface area contributed by atoms with Crippen LogP contribution in [0.2, 0.25) is 0 Å². The van der Waals surface area contributed by atoms with Gasteiger partial charge in [0.05, 0.1) is 0 Å². The van der Waals surface area contributed by atoms with Gasteiger partial charge in [0.1, 0.15) is 10.7 Å². The van der Waals surface area contributed by atoms with Gasteiger partial charge in [-0.2, -0.15) is 4.31 Å². The number of nitrogens with one attached hydrogen (secondary N) is 1. The third-order valence-electron chi connectivity index (χ3n) is 4.32. The number of carbonyl (C=O) groups excluding carboxylic acids is 1. The molecule has 1 amide bonds. The van der Waals surface area contributed by atoms with Crippen LogP contribution in [-0.4, -0.2) is 46.3 Å². The maximum Gasteiger partial charge on any atom is 0.293 e. The number of hydrogen-bond donors (Lipinski definition) is 1. The molecule has 0 aliphatic carbocycles. The van der Waals surface area contributed by atoms with Crippen molar-refractivity contribution in [3.05, 3.63) is 42.0 Å². The van der Waals surface area contributed by atoms with Gasteiger partial charge in [-0.1, -0.05) is 6.07 Å². The zero-order valence-corrected chi connectivity index (χ0v) is 14.9. The quantitative estimate of drug-likeness (QED) is 0.743. The minimum absolute atomic E-state index is 0.0238. The predicted molar refractivity (Wildman–Crippen MR) is 92.4 cm³/mol. The molecule has 1 aliphatic rings. The van der Waals surface area contributed by atoms with Crippen molar-refractivity contribution in [2.75, 3.05) is 18.4 Å². The van der Waals surface area contributed by atoms with E-state index in [1.165, 1.54) is 17.3 Å². The molecule has 1 fully saturated rings. The molecule has 1 saturated heterocycles. The monoisotopic (exact) mass is 375 g/mol. The van der Waals surface area contributed by atoms with Gasteiger partial charge in [-0.3, -0.25) is 14.5 Å². The molecule has 3 aromatic heterocycles. The van der Waals surface area contributed by atoms with Gasteiger partial charge in [-0.25, -0.2) is 8.42 Å². The van der Waals surface area contributed by atoms with Gasteiger partial charge in [-0.05, 0) is 31.9 Å². The van der Waals surface area contributed by atoms with E-state index in [2.05, 4.69) is 15.5 Å². The Kier molecular flexibility index (Phi) is 4.00. The van der Waals surface area contributed by atoms with Gasteiger partial charge in [0.2, 0.25) is 16.0 Å². The summed E-state index contributed by atoms with van der Waals surface area (Å²) in [6.45, 7) is 2.51. The minimum atomic E-state index is -3.65. The smallest absolute Gasteiger partial charge is 0.293 e. The lowest BCUT2D eigenvalue weighted by molar-refractivity contribution is 0.0994. The molecule has 1 N–H and O–H groups in total. The van der Waals surface area contributed by atoms with E-state index >= 15 is 0 Å². The molecule has 3 aromatic rings. The first-order valence-corrected chi connectivity index (χ1v) is 9.62. The molecule has 136 valence electrons. The number of pyridine rings is 1. The molecule has 26 heavy (non-hydrogen) atoms. The molecule has 0 saturated carbocycles. The van der Waals surface area contributed by atoms with Crippen LogP contribution >= 0.6 is 0 Å². The highest BCUT2D eigenvalue weighted by Crippen LogP contribution is 2.26. The van der Waals surface area contributed by atoms with Gasteiger partial charge >= 0.3 is 0 Å². The summed E-state index contributed by atoms with van der Waals surface area (Å²) in [4.78, 5) is 12.5. The Morgan fingerprint density at radius 2 is 2.00 bits per heavy atom. The highest BCUT2D eigenvalue weighted by Gasteiger charge is 2.31. The van der Waals surface area contributed by atoms with E-state index in [4.69, 9.17) is 4.42 Å². The van der Waals surface area contributed by atoms with E-state index in [1.54, 1.807) is 28.8 Å². The van der Waals surface area contributed by atoms with Crippen LogP contribution in [0.1, 0.15) is 29.2 Å². The summed E-state index contributed by atoms with van der Waals surface area (Å²) >= 11 is 0. The lowest BCUT2D eigenvalue weighted by atomic mass is 10.4. The third-order valence-corrected chi connectivity index (χ3v) is 6.32. The first-order chi connectivity index (χ1) is 12.5. The Morgan fingerprint density at radius 1 is 1.23 bits per heavy atom. The van der Waals surface area contributed by atoms with Crippen molar-refractivity contribution in [1.82, 2.24) is 18.9 Å². The molecule has 0 radical (unpaired) electrons. The number of nitrogens with zero attached hydrogens (tertiary/aromatic N) is 4. The van der Waals surface area contributed by atoms with Crippen LogP contribution in [0.25, 0.3) is 5.65 Å². The molecule has 4 rings (SSSR count). The van der Waals surface area contributed by atoms with Crippen LogP contribution in [0, 0.1) is 6.92 Å². The summed E-state index contributed by atoms with van der Waals surface area (Å²) in [6.07, 6.45) is 3.38. The Labute approximate surface area is 149 Å². The van der Waals surface area contributed by atoms with Crippen molar-refractivity contribution in [1.29, 1.82) is 0 Å². The highest BCUT2D eigenvalue weighted by atomic mass is 32.2. The number of sulfonamides is 1. The lowest BCUT2D eigenvalue weighted by Crippen LogP contribution is -2.28. The van der Waals surface area contributed by atoms with Gasteiger partial charge in [0.25, 0.3) is 5.91 Å². The number of furan rings is 1. The highest BCUT2D eigenvalue weighted by molar-refractivity contribution is 7.89. The number of aromatic nitrogens is 3. The number of anilines is 1. The van der Waals surface area contributed by atoms with Crippen molar-refractivity contribution in [2.24, 2.45) is 0 Å². The van der Waals surface area contributed by atoms with Crippen LogP contribution < -0.4 is 5.32 Å². The van der Waals surface area contributed by atoms with E-state index in [0.717, 1.165) is 12.8 Å². The van der Waals surface area contributed by atoms with E-state index in [1.807, 2.05) is 0 Å². The first-order valence-electron chi connectivity index (χ1n) is 8.18. The van der Waals surface area contributed by atoms with Gasteiger partial charge in [0.15, 0.2) is 11.4 Å². The summed E-state index contributed by atoms with van der Waals surface area (Å²) in [5, 5.41) is 10.5. The second-order valence-electron chi connectivity index (χ2n) is 6.05. The summed E-state index contributed by atoms with van der Waals surface area (Å²) in [6, 6.07) is 6.60. The zero-order chi connectivity index (χ0) is 18.3. The molecule has 0 unspecified atom stereocenters. The summed E-state index contributed by atoms with van der Waals surface area (Å²) in [7, 11) is -3.65. The van der Waals surface area contributed by atoms with Crippen LogP contribution in [0.15, 0.2) is 39.8 Å². The second-order valence-corrected chi connectivity index (χ2v) is 7.96. The Bertz CT molecular complexity index is 1080. The summed E-state index contributed by atoms with van der Waals surface area (Å²) in [5.74, 6) is -0.265. The van der Waals surface area contributed by atoms with Crippen molar-refractivity contribution in [3.8, 4) is 0 Å². The third kappa shape index (κ3) is 2.76. The van der Waals surface area contributed by atoms with E-state index in [9.17, 15) is 13.2 Å². The number of amides is 1. The van der Waals surface area contributed by atoms with Crippen LogP contribution in [0.4, 0.5) is 5.95 Å². The molecule has 1 aliphatic heterocycles. The number of hydrogen-bond acceptors (Lipinski definition) is 6. The lowest BCUT2D eigenvalue weighted by Gasteiger charge is -2.14. The molecule has 0 bridgehead atoms. The molecule has 9 nitrogen and oxygen atoms in total. The van der Waals surface area contributed by atoms with Crippen LogP contribution in [0.5, 0.6) is 0 Å². The van der Waals surface area contributed by atoms with Gasteiger partial charge in [-0.15, -0.1) is 10.2 Å². The Balaban J connectivity index is 1.61. The molecular weight excluding hydrogens is 358 g/mol. The molecule has 0 aromatic carbocycles. The fraction of sp³-hybridized carbons (Fsp3) is 0.312. The van der Waals surface area contributed by atoms with Crippen molar-refractivity contribution in [3.63, 3.8) is 0 Å². The van der Waals surface area contributed by atoms with Crippen molar-refractivity contribution >= 4 is 27.5 Å². The zero-order valence-electron chi connectivity index (χ0n) is 14.0. The van der Waals surface area contributed by atoms with Crippen molar-refractivity contribution < 1.29 is 17.6 Å². The van der Waals surface area contributed by atoms with Crippen LogP contribution in [0.3, 0.4) is 0 Å². The fourth-order valence-corrected chi connectivity index (χ4v) is 4.67. The van der Waals surface area contributed by atoms with Gasteiger partial charge in [0, 0.05) is 25.4 Å². The van der Waals surface area contributed by atoms with E-state index in [-0.39, 0.29) is 22.4 Å². The molecular formula is C16H17N5O4S. The van der Waals surface area contributed by atoms with Crippen molar-refractivity contribution in [2.45, 2.75) is 24.7 Å². The summed E-state index contributed by atoms with van der Waals surface area (Å²) < 4.78 is 33.8. The Hall–Kier alpha value is -2.72. The maximum atomic E-state index is 12.7. The van der Waals surface area contributed by atoms with E-state index in [0.29, 0.717) is 18.7 Å². The number of fused-ring (bicyclic) bond motifs is 1.